The molecule has 0 radical (unpaired) electrons. The van der Waals surface area contributed by atoms with Gasteiger partial charge in [-0.25, -0.2) is 0 Å². The largest absolute Gasteiger partial charge is 0.492 e. The molecule has 0 spiro atoms. The maximum Gasteiger partial charge on any atom is 0.119 e. The van der Waals surface area contributed by atoms with Crippen LogP contribution in [0, 0.1) is 6.92 Å². The molecule has 0 fully saturated rings. The van der Waals surface area contributed by atoms with Crippen LogP contribution in [0.4, 0.5) is 0 Å². The lowest BCUT2D eigenvalue weighted by atomic mass is 10.2. The number of ether oxygens (including phenoxy) is 2. The molecule has 0 aliphatic heterocycles. The summed E-state index contributed by atoms with van der Waals surface area (Å²) in [6, 6.07) is 8.53. The second kappa shape index (κ2) is 8.95. The first-order valence-electron chi connectivity index (χ1n) is 6.64. The molecule has 3 nitrogen and oxygen atoms in total. The van der Waals surface area contributed by atoms with E-state index in [2.05, 4.69) is 31.3 Å². The van der Waals surface area contributed by atoms with E-state index in [1.807, 2.05) is 12.1 Å². The summed E-state index contributed by atoms with van der Waals surface area (Å²) in [5, 5.41) is 3.44. The van der Waals surface area contributed by atoms with E-state index < -0.39 is 0 Å². The molecule has 1 atom stereocenters. The van der Waals surface area contributed by atoms with Crippen LogP contribution in [-0.4, -0.2) is 32.9 Å². The van der Waals surface area contributed by atoms with E-state index in [4.69, 9.17) is 9.47 Å². The van der Waals surface area contributed by atoms with Crippen LogP contribution in [0.15, 0.2) is 24.3 Å². The Morgan fingerprint density at radius 2 is 1.89 bits per heavy atom. The molecule has 0 saturated heterocycles. The summed E-state index contributed by atoms with van der Waals surface area (Å²) < 4.78 is 10.7. The van der Waals surface area contributed by atoms with Gasteiger partial charge in [0.1, 0.15) is 12.4 Å². The van der Waals surface area contributed by atoms with Gasteiger partial charge in [0.05, 0.1) is 0 Å². The fraction of sp³-hybridized carbons (Fsp3) is 0.600. The Bertz CT molecular complexity index is 311. The molecule has 0 saturated carbocycles. The van der Waals surface area contributed by atoms with Crippen LogP contribution in [-0.2, 0) is 4.74 Å². The predicted octanol–water partition coefficient (Wildman–Crippen LogP) is 2.78. The molecule has 102 valence electrons. The van der Waals surface area contributed by atoms with Crippen molar-refractivity contribution >= 4 is 0 Å². The maximum atomic E-state index is 5.71. The smallest absolute Gasteiger partial charge is 0.119 e. The number of nitrogens with one attached hydrogen (secondary N) is 1. The molecule has 0 aliphatic carbocycles. The molecule has 0 aromatic heterocycles. The molecule has 1 aromatic carbocycles. The summed E-state index contributed by atoms with van der Waals surface area (Å²) in [6.45, 7) is 6.78. The lowest BCUT2D eigenvalue weighted by molar-refractivity contribution is 0.191. The van der Waals surface area contributed by atoms with Crippen molar-refractivity contribution in [3.05, 3.63) is 29.8 Å². The van der Waals surface area contributed by atoms with E-state index in [9.17, 15) is 0 Å². The molecular formula is C15H25NO2. The number of unbranched alkanes of at least 4 members (excludes halogenated alkanes) is 1. The molecule has 1 unspecified atom stereocenters. The van der Waals surface area contributed by atoms with Crippen molar-refractivity contribution in [3.8, 4) is 5.75 Å². The van der Waals surface area contributed by atoms with Crippen LogP contribution >= 0.6 is 0 Å². The Hall–Kier alpha value is -1.06. The monoisotopic (exact) mass is 251 g/mol. The van der Waals surface area contributed by atoms with Gasteiger partial charge < -0.3 is 14.8 Å². The molecule has 0 heterocycles. The lowest BCUT2D eigenvalue weighted by Crippen LogP contribution is -2.32. The highest BCUT2D eigenvalue weighted by Crippen LogP contribution is 2.11. The Kier molecular flexibility index (Phi) is 7.46. The average molecular weight is 251 g/mol. The Morgan fingerprint density at radius 3 is 2.56 bits per heavy atom. The van der Waals surface area contributed by atoms with Gasteiger partial charge in [-0.3, -0.25) is 0 Å². The van der Waals surface area contributed by atoms with Gasteiger partial charge in [0.15, 0.2) is 0 Å². The number of benzene rings is 1. The van der Waals surface area contributed by atoms with E-state index in [1.54, 1.807) is 7.11 Å². The molecule has 1 aromatic rings. The fourth-order valence-electron chi connectivity index (χ4n) is 1.63. The molecule has 0 aliphatic rings. The minimum absolute atomic E-state index is 0.369. The second-order valence-corrected chi connectivity index (χ2v) is 4.68. The van der Waals surface area contributed by atoms with Gasteiger partial charge >= 0.3 is 0 Å². The van der Waals surface area contributed by atoms with Crippen molar-refractivity contribution < 1.29 is 9.47 Å². The zero-order valence-electron chi connectivity index (χ0n) is 11.7. The Balaban J connectivity index is 2.09. The molecule has 18 heavy (non-hydrogen) atoms. The van der Waals surface area contributed by atoms with E-state index in [1.165, 1.54) is 5.56 Å². The SMILES string of the molecule is COCCCCNC(C)COc1ccc(C)cc1. The highest BCUT2D eigenvalue weighted by Gasteiger charge is 2.02. The Labute approximate surface area is 110 Å². The van der Waals surface area contributed by atoms with Crippen molar-refractivity contribution in [2.45, 2.75) is 32.7 Å². The number of hydrogen-bond acceptors (Lipinski definition) is 3. The van der Waals surface area contributed by atoms with Gasteiger partial charge in [0.25, 0.3) is 0 Å². The van der Waals surface area contributed by atoms with Crippen molar-refractivity contribution in [1.82, 2.24) is 5.32 Å². The average Bonchev–Trinajstić information content (AvgIpc) is 2.38. The van der Waals surface area contributed by atoms with Gasteiger partial charge in [-0.05, 0) is 45.4 Å². The topological polar surface area (TPSA) is 30.5 Å². The zero-order chi connectivity index (χ0) is 13.2. The summed E-state index contributed by atoms with van der Waals surface area (Å²) in [5.41, 5.74) is 1.26. The normalized spacial score (nSPS) is 12.4. The number of hydrogen-bond donors (Lipinski definition) is 1. The highest BCUT2D eigenvalue weighted by molar-refractivity contribution is 5.26. The van der Waals surface area contributed by atoms with Crippen LogP contribution in [0.3, 0.4) is 0 Å². The fourth-order valence-corrected chi connectivity index (χ4v) is 1.63. The maximum absolute atomic E-state index is 5.71. The summed E-state index contributed by atoms with van der Waals surface area (Å²) in [6.07, 6.45) is 2.25. The summed E-state index contributed by atoms with van der Waals surface area (Å²) >= 11 is 0. The number of methoxy groups -OCH3 is 1. The quantitative estimate of drug-likeness (QED) is 0.685. The second-order valence-electron chi connectivity index (χ2n) is 4.68. The van der Waals surface area contributed by atoms with E-state index in [0.29, 0.717) is 12.6 Å². The number of rotatable bonds is 9. The zero-order valence-corrected chi connectivity index (χ0v) is 11.7. The summed E-state index contributed by atoms with van der Waals surface area (Å²) in [5.74, 6) is 0.939. The van der Waals surface area contributed by atoms with Crippen LogP contribution in [0.25, 0.3) is 0 Å². The number of aryl methyl sites for hydroxylation is 1. The van der Waals surface area contributed by atoms with Crippen molar-refractivity contribution in [2.75, 3.05) is 26.9 Å². The lowest BCUT2D eigenvalue weighted by Gasteiger charge is -2.15. The third kappa shape index (κ3) is 6.62. The van der Waals surface area contributed by atoms with Gasteiger partial charge in [0, 0.05) is 19.8 Å². The first-order valence-corrected chi connectivity index (χ1v) is 6.64. The van der Waals surface area contributed by atoms with Gasteiger partial charge in [0.2, 0.25) is 0 Å². The molecule has 0 amide bonds. The first-order chi connectivity index (χ1) is 8.72. The third-order valence-corrected chi connectivity index (χ3v) is 2.79. The van der Waals surface area contributed by atoms with Crippen LogP contribution in [0.5, 0.6) is 5.75 Å². The van der Waals surface area contributed by atoms with Gasteiger partial charge in [-0.2, -0.15) is 0 Å². The minimum Gasteiger partial charge on any atom is -0.492 e. The van der Waals surface area contributed by atoms with Crippen LogP contribution in [0.2, 0.25) is 0 Å². The van der Waals surface area contributed by atoms with Crippen molar-refractivity contribution in [1.29, 1.82) is 0 Å². The van der Waals surface area contributed by atoms with E-state index in [-0.39, 0.29) is 0 Å². The molecule has 0 bridgehead atoms. The van der Waals surface area contributed by atoms with Gasteiger partial charge in [-0.1, -0.05) is 17.7 Å². The molecule has 1 rings (SSSR count). The third-order valence-electron chi connectivity index (χ3n) is 2.79. The summed E-state index contributed by atoms with van der Waals surface area (Å²) in [4.78, 5) is 0. The Morgan fingerprint density at radius 1 is 1.17 bits per heavy atom. The minimum atomic E-state index is 0.369. The van der Waals surface area contributed by atoms with Gasteiger partial charge in [-0.15, -0.1) is 0 Å². The predicted molar refractivity (Wildman–Crippen MR) is 75.2 cm³/mol. The van der Waals surface area contributed by atoms with Crippen LogP contribution < -0.4 is 10.1 Å². The standard InChI is InChI=1S/C15H25NO2/c1-13-6-8-15(9-7-13)18-12-14(2)16-10-4-5-11-17-3/h6-9,14,16H,4-5,10-12H2,1-3H3. The summed E-state index contributed by atoms with van der Waals surface area (Å²) in [7, 11) is 1.74. The van der Waals surface area contributed by atoms with E-state index in [0.717, 1.165) is 31.7 Å². The van der Waals surface area contributed by atoms with Crippen LogP contribution in [0.1, 0.15) is 25.3 Å². The molecule has 1 N–H and O–H groups in total. The van der Waals surface area contributed by atoms with E-state index >= 15 is 0 Å². The first kappa shape index (κ1) is 15.0. The molecular weight excluding hydrogens is 226 g/mol. The van der Waals surface area contributed by atoms with Crippen molar-refractivity contribution in [2.24, 2.45) is 0 Å². The highest BCUT2D eigenvalue weighted by atomic mass is 16.5. The molecule has 3 heteroatoms. The van der Waals surface area contributed by atoms with Crippen molar-refractivity contribution in [3.63, 3.8) is 0 Å².